The molecule has 0 aliphatic carbocycles. The van der Waals surface area contributed by atoms with E-state index in [0.717, 1.165) is 11.5 Å². The first-order valence-corrected chi connectivity index (χ1v) is 10.1. The molecule has 0 spiro atoms. The van der Waals surface area contributed by atoms with Crippen LogP contribution in [0.3, 0.4) is 0 Å². The minimum absolute atomic E-state index is 0.763. The molecule has 0 aliphatic heterocycles. The maximum Gasteiger partial charge on any atom is -0.112 e. The van der Waals surface area contributed by atoms with E-state index in [1.807, 2.05) is 18.2 Å². The van der Waals surface area contributed by atoms with E-state index >= 15 is 0 Å². The number of hydrogen-bond acceptors (Lipinski definition) is 6. The summed E-state index contributed by atoms with van der Waals surface area (Å²) in [5, 5.41) is 0. The monoisotopic (exact) mass is 346 g/mol. The van der Waals surface area contributed by atoms with Gasteiger partial charge < -0.3 is 0 Å². The van der Waals surface area contributed by atoms with Gasteiger partial charge in [-0.15, -0.1) is 10.2 Å². The molecule has 0 radical (unpaired) electrons. The van der Waals surface area contributed by atoms with Crippen LogP contribution in [0.15, 0.2) is 18.2 Å². The molecular formula is C10H15ClO6Se. The van der Waals surface area contributed by atoms with Gasteiger partial charge >= 0.3 is 83.4 Å². The normalized spacial score (nSPS) is 10.7. The molecule has 0 saturated carbocycles. The summed E-state index contributed by atoms with van der Waals surface area (Å²) in [6.07, 6.45) is 0. The van der Waals surface area contributed by atoms with Crippen LogP contribution in [0.5, 0.6) is 11.5 Å². The maximum absolute atomic E-state index is 8.49. The van der Waals surface area contributed by atoms with Crippen molar-refractivity contribution in [1.29, 1.82) is 0 Å². The van der Waals surface area contributed by atoms with Crippen molar-refractivity contribution in [3.05, 3.63) is 18.2 Å². The first-order chi connectivity index (χ1) is 8.20. The molecule has 0 aromatic heterocycles. The van der Waals surface area contributed by atoms with E-state index in [9.17, 15) is 0 Å². The third kappa shape index (κ3) is 7.03. The number of benzene rings is 1. The van der Waals surface area contributed by atoms with Crippen LogP contribution in [0.2, 0.25) is 11.6 Å². The van der Waals surface area contributed by atoms with Crippen LogP contribution < -0.4 is 32.6 Å². The predicted molar refractivity (Wildman–Crippen MR) is 56.7 cm³/mol. The molecule has 0 unspecified atom stereocenters. The van der Waals surface area contributed by atoms with Crippen LogP contribution >= 0.6 is 0 Å². The Kier molecular flexibility index (Phi) is 7.58. The fraction of sp³-hybridized carbons (Fsp3) is 0.400. The van der Waals surface area contributed by atoms with Gasteiger partial charge in [-0.3, -0.25) is 0 Å². The maximum atomic E-state index is 8.49. The van der Waals surface area contributed by atoms with Gasteiger partial charge in [0.05, 0.1) is 0 Å². The predicted octanol–water partition coefficient (Wildman–Crippen LogP) is -3.09. The second-order valence-electron chi connectivity index (χ2n) is 3.19. The quantitative estimate of drug-likeness (QED) is 0.537. The summed E-state index contributed by atoms with van der Waals surface area (Å²) >= 11 is -0.763. The van der Waals surface area contributed by atoms with E-state index in [1.54, 1.807) is 14.2 Å². The fourth-order valence-corrected chi connectivity index (χ4v) is 3.54. The first kappa shape index (κ1) is 17.5. The Morgan fingerprint density at radius 3 is 1.50 bits per heavy atom. The Labute approximate surface area is 112 Å². The van der Waals surface area contributed by atoms with Gasteiger partial charge in [0.2, 0.25) is 0 Å². The van der Waals surface area contributed by atoms with E-state index in [4.69, 9.17) is 28.1 Å². The molecule has 8 heteroatoms. The Morgan fingerprint density at radius 2 is 1.28 bits per heavy atom. The number of methoxy groups -OCH3 is 2. The molecule has 0 bridgehead atoms. The van der Waals surface area contributed by atoms with Crippen molar-refractivity contribution in [2.24, 2.45) is 0 Å². The Bertz CT molecular complexity index is 338. The average molecular weight is 346 g/mol. The third-order valence-corrected chi connectivity index (χ3v) is 4.35. The van der Waals surface area contributed by atoms with Crippen molar-refractivity contribution in [2.45, 2.75) is 11.6 Å². The second kappa shape index (κ2) is 7.81. The molecule has 1 aromatic rings. The van der Waals surface area contributed by atoms with E-state index in [2.05, 4.69) is 11.6 Å². The van der Waals surface area contributed by atoms with Gasteiger partial charge in [-0.1, -0.05) is 0 Å². The summed E-state index contributed by atoms with van der Waals surface area (Å²) in [6, 6.07) is 5.93. The minimum atomic E-state index is -4.94. The van der Waals surface area contributed by atoms with Crippen molar-refractivity contribution in [1.82, 2.24) is 0 Å². The van der Waals surface area contributed by atoms with Gasteiger partial charge in [0, 0.05) is 0 Å². The first-order valence-electron chi connectivity index (χ1n) is 4.61. The molecule has 18 heavy (non-hydrogen) atoms. The van der Waals surface area contributed by atoms with Crippen LogP contribution in [0, 0.1) is 10.2 Å². The average Bonchev–Trinajstić information content (AvgIpc) is 2.25. The van der Waals surface area contributed by atoms with Crippen molar-refractivity contribution in [3.8, 4) is 11.5 Å². The van der Waals surface area contributed by atoms with E-state index < -0.39 is 24.1 Å². The standard InChI is InChI=1S/C10H15O2Se.ClHO4/c1-11-8-6-5-7-9(12-2)10(8)13(3)4;2-1(3,4)5/h5-7H,1-4H3;(H,2,3,4,5)/q+1;/p-1. The third-order valence-electron chi connectivity index (χ3n) is 1.79. The molecule has 0 atom stereocenters. The molecule has 0 heterocycles. The second-order valence-corrected chi connectivity index (χ2v) is 8.22. The zero-order valence-corrected chi connectivity index (χ0v) is 12.9. The summed E-state index contributed by atoms with van der Waals surface area (Å²) in [6.45, 7) is 0. The van der Waals surface area contributed by atoms with E-state index in [-0.39, 0.29) is 0 Å². The Morgan fingerprint density at radius 1 is 0.944 bits per heavy atom. The van der Waals surface area contributed by atoms with Crippen molar-refractivity contribution in [2.75, 3.05) is 14.2 Å². The summed E-state index contributed by atoms with van der Waals surface area (Å²) in [5.41, 5.74) is 0. The summed E-state index contributed by atoms with van der Waals surface area (Å²) in [7, 11) is -1.54. The molecule has 1 aromatic carbocycles. The summed E-state index contributed by atoms with van der Waals surface area (Å²) in [4.78, 5) is 0. The molecular weight excluding hydrogens is 331 g/mol. The summed E-state index contributed by atoms with van der Waals surface area (Å²) < 4.78 is 45.8. The fourth-order valence-electron chi connectivity index (χ4n) is 1.22. The van der Waals surface area contributed by atoms with Gasteiger partial charge in [-0.25, -0.2) is 18.6 Å². The van der Waals surface area contributed by atoms with Crippen molar-refractivity contribution < 1.29 is 38.4 Å². The van der Waals surface area contributed by atoms with Gasteiger partial charge in [-0.2, -0.15) is 0 Å². The van der Waals surface area contributed by atoms with Crippen LogP contribution in [0.1, 0.15) is 0 Å². The molecule has 104 valence electrons. The van der Waals surface area contributed by atoms with Crippen molar-refractivity contribution >= 4 is 18.4 Å². The van der Waals surface area contributed by atoms with Crippen LogP contribution in [0.4, 0.5) is 0 Å². The molecule has 0 aliphatic rings. The van der Waals surface area contributed by atoms with E-state index in [0.29, 0.717) is 0 Å². The Balaban J connectivity index is 0.000000494. The molecule has 0 saturated heterocycles. The Hall–Kier alpha value is -0.531. The molecule has 0 amide bonds. The summed E-state index contributed by atoms with van der Waals surface area (Å²) in [5.74, 6) is 6.41. The number of ether oxygens (including phenoxy) is 2. The van der Waals surface area contributed by atoms with Crippen LogP contribution in [0.25, 0.3) is 0 Å². The van der Waals surface area contributed by atoms with Crippen LogP contribution in [-0.2, 0) is 0 Å². The zero-order chi connectivity index (χ0) is 14.3. The van der Waals surface area contributed by atoms with Gasteiger partial charge in [0.15, 0.2) is 0 Å². The van der Waals surface area contributed by atoms with Crippen molar-refractivity contribution in [3.63, 3.8) is 0 Å². The number of hydrogen-bond donors (Lipinski definition) is 0. The van der Waals surface area contributed by atoms with Gasteiger partial charge in [0.25, 0.3) is 0 Å². The SMILES string of the molecule is COc1cccc(OC)c1[Se+](C)C.[O-][Cl+3]([O-])([O-])[O-]. The topological polar surface area (TPSA) is 111 Å². The smallest absolute Gasteiger partial charge is 0.112 e. The van der Waals surface area contributed by atoms with Gasteiger partial charge in [0.1, 0.15) is 0 Å². The minimum Gasteiger partial charge on any atom is -0.222 e. The number of halogens is 1. The zero-order valence-electron chi connectivity index (χ0n) is 10.5. The number of rotatable bonds is 3. The largest absolute Gasteiger partial charge is 0.222 e. The molecule has 0 fully saturated rings. The molecule has 0 N–H and O–H groups in total. The van der Waals surface area contributed by atoms with Crippen LogP contribution in [-0.4, -0.2) is 28.1 Å². The molecule has 1 rings (SSSR count). The molecule has 6 nitrogen and oxygen atoms in total. The van der Waals surface area contributed by atoms with E-state index in [1.165, 1.54) is 4.46 Å². The van der Waals surface area contributed by atoms with Gasteiger partial charge in [-0.05, 0) is 0 Å².